The molecule has 1 atom stereocenters. The molecule has 0 bridgehead atoms. The van der Waals surface area contributed by atoms with E-state index in [1.165, 1.54) is 0 Å². The van der Waals surface area contributed by atoms with E-state index in [9.17, 15) is 43.9 Å². The van der Waals surface area contributed by atoms with Gasteiger partial charge in [0.05, 0.1) is 21.8 Å². The normalized spacial score (nSPS) is 26.2. The number of rotatable bonds is 5. The summed E-state index contributed by atoms with van der Waals surface area (Å²) in [5, 5.41) is 2.48. The molecule has 0 spiro atoms. The molecule has 1 fully saturated rings. The van der Waals surface area contributed by atoms with Gasteiger partial charge < -0.3 is 5.32 Å². The Kier molecular flexibility index (Phi) is 6.46. The maximum atomic E-state index is 14.2. The molecule has 1 aromatic carbocycles. The van der Waals surface area contributed by atoms with Crippen LogP contribution in [0.3, 0.4) is 0 Å². The summed E-state index contributed by atoms with van der Waals surface area (Å²) < 4.78 is 117. The number of alkyl halides is 7. The number of carbonyl (C=O) groups is 1. The minimum atomic E-state index is -4.94. The number of hydrogen-bond donors (Lipinski definition) is 1. The quantitative estimate of drug-likeness (QED) is 0.585. The van der Waals surface area contributed by atoms with E-state index in [4.69, 9.17) is 0 Å². The smallest absolute Gasteiger partial charge is 0.349 e. The number of halogens is 7. The summed E-state index contributed by atoms with van der Waals surface area (Å²) >= 11 is 0. The molecule has 0 radical (unpaired) electrons. The van der Waals surface area contributed by atoms with Crippen LogP contribution in [0.25, 0.3) is 0 Å². The van der Waals surface area contributed by atoms with Crippen LogP contribution in [0.5, 0.6) is 0 Å². The van der Waals surface area contributed by atoms with Crippen LogP contribution in [-0.2, 0) is 20.8 Å². The number of sulfone groups is 1. The molecule has 1 aromatic rings. The molecular weight excluding hydrogens is 479 g/mol. The second kappa shape index (κ2) is 8.44. The molecule has 33 heavy (non-hydrogen) atoms. The topological polar surface area (TPSA) is 63.2 Å². The molecule has 1 unspecified atom stereocenters. The monoisotopic (exact) mass is 499 g/mol. The molecule has 3 rings (SSSR count). The van der Waals surface area contributed by atoms with E-state index in [1.54, 1.807) is 0 Å². The van der Waals surface area contributed by atoms with Crippen molar-refractivity contribution in [1.82, 2.24) is 5.32 Å². The van der Waals surface area contributed by atoms with Crippen LogP contribution < -0.4 is 5.32 Å². The Hall–Kier alpha value is -2.37. The van der Waals surface area contributed by atoms with Crippen molar-refractivity contribution in [3.8, 4) is 0 Å². The average molecular weight is 499 g/mol. The average Bonchev–Trinajstić information content (AvgIpc) is 2.64. The second-order valence-corrected chi connectivity index (χ2v) is 10.5. The Morgan fingerprint density at radius 3 is 2.33 bits per heavy atom. The third-order valence-corrected chi connectivity index (χ3v) is 7.56. The molecule has 0 aromatic heterocycles. The van der Waals surface area contributed by atoms with Gasteiger partial charge in [0.15, 0.2) is 9.84 Å². The van der Waals surface area contributed by atoms with Crippen molar-refractivity contribution in [1.29, 1.82) is 0 Å². The van der Waals surface area contributed by atoms with Gasteiger partial charge >= 0.3 is 12.4 Å². The van der Waals surface area contributed by atoms with E-state index in [1.807, 2.05) is 0 Å². The lowest BCUT2D eigenvalue weighted by Crippen LogP contribution is -2.47. The number of benzene rings is 1. The van der Waals surface area contributed by atoms with Gasteiger partial charge in [0.1, 0.15) is 5.67 Å². The van der Waals surface area contributed by atoms with Gasteiger partial charge in [-0.15, -0.1) is 0 Å². The molecule has 1 N–H and O–H groups in total. The molecule has 2 aliphatic rings. The van der Waals surface area contributed by atoms with Gasteiger partial charge in [-0.1, -0.05) is 12.1 Å². The first kappa shape index (κ1) is 25.3. The first-order valence-corrected chi connectivity index (χ1v) is 11.5. The Morgan fingerprint density at radius 1 is 1.12 bits per heavy atom. The lowest BCUT2D eigenvalue weighted by molar-refractivity contribution is -0.137. The predicted molar refractivity (Wildman–Crippen MR) is 105 cm³/mol. The van der Waals surface area contributed by atoms with Crippen LogP contribution in [0.2, 0.25) is 0 Å². The van der Waals surface area contributed by atoms with Crippen molar-refractivity contribution < 1.29 is 43.9 Å². The van der Waals surface area contributed by atoms with E-state index in [0.717, 1.165) is 31.2 Å². The third-order valence-electron chi connectivity index (χ3n) is 5.68. The fourth-order valence-electron chi connectivity index (χ4n) is 3.84. The summed E-state index contributed by atoms with van der Waals surface area (Å²) in [4.78, 5) is 11.8. The summed E-state index contributed by atoms with van der Waals surface area (Å²) in [7, 11) is -4.01. The van der Waals surface area contributed by atoms with Crippen LogP contribution in [-0.4, -0.2) is 38.0 Å². The first-order chi connectivity index (χ1) is 15.0. The van der Waals surface area contributed by atoms with Crippen molar-refractivity contribution in [2.24, 2.45) is 5.92 Å². The highest BCUT2D eigenvalue weighted by Crippen LogP contribution is 2.42. The minimum absolute atomic E-state index is 0.188. The van der Waals surface area contributed by atoms with E-state index < -0.39 is 73.9 Å². The molecule has 2 aliphatic carbocycles. The molecule has 182 valence electrons. The van der Waals surface area contributed by atoms with Crippen LogP contribution in [0.4, 0.5) is 30.7 Å². The van der Waals surface area contributed by atoms with Crippen molar-refractivity contribution in [2.45, 2.75) is 55.1 Å². The van der Waals surface area contributed by atoms with Crippen molar-refractivity contribution >= 4 is 15.7 Å². The van der Waals surface area contributed by atoms with Crippen molar-refractivity contribution in [3.05, 3.63) is 53.1 Å². The van der Waals surface area contributed by atoms with E-state index in [0.29, 0.717) is 12.1 Å². The van der Waals surface area contributed by atoms with E-state index >= 15 is 0 Å². The predicted octanol–water partition coefficient (Wildman–Crippen LogP) is 4.92. The van der Waals surface area contributed by atoms with Gasteiger partial charge in [0.25, 0.3) is 5.91 Å². The Morgan fingerprint density at radius 2 is 1.76 bits per heavy atom. The van der Waals surface area contributed by atoms with Gasteiger partial charge in [0, 0.05) is 18.0 Å². The molecule has 0 heterocycles. The molecule has 0 aliphatic heterocycles. The zero-order chi connectivity index (χ0) is 24.8. The Bertz CT molecular complexity index is 1100. The molecule has 1 amide bonds. The van der Waals surface area contributed by atoms with Gasteiger partial charge in [-0.2, -0.15) is 26.3 Å². The summed E-state index contributed by atoms with van der Waals surface area (Å²) in [6.07, 6.45) is -8.34. The fraction of sp³-hybridized carbons (Fsp3) is 0.476. The lowest BCUT2D eigenvalue weighted by atomic mass is 9.81. The minimum Gasteiger partial charge on any atom is -0.349 e. The summed E-state index contributed by atoms with van der Waals surface area (Å²) in [6, 6.07) is 2.88. The number of nitrogens with one attached hydrogen (secondary N) is 1. The molecule has 1 saturated carbocycles. The number of carbonyl (C=O) groups excluding carboxylic acids is 1. The van der Waals surface area contributed by atoms with Crippen LogP contribution in [0.15, 0.2) is 52.5 Å². The molecule has 4 nitrogen and oxygen atoms in total. The highest BCUT2D eigenvalue weighted by Gasteiger charge is 2.47. The molecular formula is C21H20F7NO3S. The Labute approximate surface area is 185 Å². The maximum absolute atomic E-state index is 14.2. The van der Waals surface area contributed by atoms with Crippen LogP contribution >= 0.6 is 0 Å². The standard InChI is InChI=1S/C21H20F7NO3S/c1-19(22)6-5-13(9-17(19)21(26,27)28)18(30)29-15-7-12(8-15)11-33(31,32)16-4-2-3-14(10-16)20(23,24)25/h2-5,9-10,12,15H,6-8,11H2,1H3,(H,29,30). The number of amides is 1. The number of hydrogen-bond acceptors (Lipinski definition) is 3. The Balaban J connectivity index is 1.59. The van der Waals surface area contributed by atoms with Gasteiger partial charge in [-0.3, -0.25) is 4.79 Å². The third kappa shape index (κ3) is 5.77. The van der Waals surface area contributed by atoms with E-state index in [2.05, 4.69) is 5.32 Å². The zero-order valence-electron chi connectivity index (χ0n) is 17.2. The molecule has 0 saturated heterocycles. The van der Waals surface area contributed by atoms with Gasteiger partial charge in [-0.05, 0) is 50.0 Å². The fourth-order valence-corrected chi connectivity index (χ4v) is 5.52. The summed E-state index contributed by atoms with van der Waals surface area (Å²) in [6.45, 7) is 0.777. The SMILES string of the molecule is CC1(F)CC=C(C(=O)NC2CC(CS(=O)(=O)c3cccc(C(F)(F)F)c3)C2)C=C1C(F)(F)F. The van der Waals surface area contributed by atoms with Gasteiger partial charge in [-0.25, -0.2) is 12.8 Å². The summed E-state index contributed by atoms with van der Waals surface area (Å²) in [5.41, 5.74) is -5.53. The van der Waals surface area contributed by atoms with Crippen LogP contribution in [0.1, 0.15) is 31.7 Å². The lowest BCUT2D eigenvalue weighted by Gasteiger charge is -2.36. The highest BCUT2D eigenvalue weighted by atomic mass is 32.2. The summed E-state index contributed by atoms with van der Waals surface area (Å²) in [5.74, 6) is -1.70. The van der Waals surface area contributed by atoms with Crippen molar-refractivity contribution in [2.75, 3.05) is 5.75 Å². The largest absolute Gasteiger partial charge is 0.416 e. The second-order valence-electron chi connectivity index (χ2n) is 8.43. The maximum Gasteiger partial charge on any atom is 0.416 e. The molecule has 12 heteroatoms. The van der Waals surface area contributed by atoms with Crippen molar-refractivity contribution in [3.63, 3.8) is 0 Å². The van der Waals surface area contributed by atoms with Gasteiger partial charge in [0.2, 0.25) is 0 Å². The van der Waals surface area contributed by atoms with E-state index in [-0.39, 0.29) is 18.4 Å². The first-order valence-electron chi connectivity index (χ1n) is 9.88. The number of allylic oxidation sites excluding steroid dienone is 2. The zero-order valence-corrected chi connectivity index (χ0v) is 18.0. The highest BCUT2D eigenvalue weighted by molar-refractivity contribution is 7.91. The van der Waals surface area contributed by atoms with Crippen LogP contribution in [0, 0.1) is 5.92 Å².